The van der Waals surface area contributed by atoms with Crippen molar-refractivity contribution in [2.75, 3.05) is 75.7 Å². The Labute approximate surface area is 337 Å². The third-order valence-corrected chi connectivity index (χ3v) is 12.3. The number of rotatable bonds is 4. The third-order valence-electron chi connectivity index (χ3n) is 12.3. The molecule has 3 saturated heterocycles. The molecule has 59 heavy (non-hydrogen) atoms. The Balaban J connectivity index is 1.10. The minimum atomic E-state index is -0.796. The molecular formula is C41H43F3N12O3. The second kappa shape index (κ2) is 14.5. The standard InChI is InChI=1S/C41H43F3N12O3/c1-22-46-33-12-24(43)10-29-32-6-5-7-36(48-32)47-25-13-35(40(57)51(2)18-28(58-4)19-54(22)37(29)33)55(15-25)38-30-14-45-56(34-9-8-23(42)11-31(34)44)39(30)50-41(49-38)53-16-26-20-59-21-27(17-53)52(26)3/h5-12,14,25-28,35H,13,15-21H2,1-4H3,(H,47,48)/t25-,26?,27?,28-,35-/m0/s1. The highest BCUT2D eigenvalue weighted by Crippen LogP contribution is 2.37. The maximum Gasteiger partial charge on any atom is 0.245 e. The molecule has 2 unspecified atom stereocenters. The van der Waals surface area contributed by atoms with Crippen molar-refractivity contribution >= 4 is 45.6 Å². The number of aryl methyl sites for hydroxylation is 1. The van der Waals surface area contributed by atoms with E-state index in [0.29, 0.717) is 97.0 Å². The Morgan fingerprint density at radius 2 is 1.71 bits per heavy atom. The van der Waals surface area contributed by atoms with Crippen molar-refractivity contribution in [3.8, 4) is 16.9 Å². The number of carbonyl (C=O) groups is 1. The smallest absolute Gasteiger partial charge is 0.245 e. The number of carbonyl (C=O) groups excluding carboxylic acids is 1. The van der Waals surface area contributed by atoms with Crippen molar-refractivity contribution in [1.82, 2.24) is 44.1 Å². The molecule has 0 radical (unpaired) electrons. The molecule has 3 fully saturated rings. The summed E-state index contributed by atoms with van der Waals surface area (Å²) in [7, 11) is 5.46. The van der Waals surface area contributed by atoms with E-state index in [4.69, 9.17) is 29.4 Å². The number of amides is 1. The number of imidazole rings is 1. The first-order chi connectivity index (χ1) is 28.5. The molecule has 6 aromatic rings. The van der Waals surface area contributed by atoms with Gasteiger partial charge in [-0.05, 0) is 50.7 Å². The highest BCUT2D eigenvalue weighted by molar-refractivity contribution is 5.94. The summed E-state index contributed by atoms with van der Waals surface area (Å²) >= 11 is 0. The summed E-state index contributed by atoms with van der Waals surface area (Å²) in [5, 5.41) is 8.64. The Morgan fingerprint density at radius 1 is 0.898 bits per heavy atom. The van der Waals surface area contributed by atoms with Crippen molar-refractivity contribution < 1.29 is 27.4 Å². The number of aromatic nitrogens is 7. The molecule has 0 spiro atoms. The highest BCUT2D eigenvalue weighted by Gasteiger charge is 2.42. The number of hydrogen-bond acceptors (Lipinski definition) is 12. The van der Waals surface area contributed by atoms with Crippen LogP contribution in [0, 0.1) is 24.4 Å². The van der Waals surface area contributed by atoms with E-state index >= 15 is 8.78 Å². The number of pyridine rings is 1. The number of nitrogens with one attached hydrogen (secondary N) is 1. The molecule has 18 heteroatoms. The first kappa shape index (κ1) is 37.4. The van der Waals surface area contributed by atoms with Crippen LogP contribution in [0.4, 0.5) is 30.8 Å². The lowest BCUT2D eigenvalue weighted by molar-refractivity contribution is -0.132. The zero-order chi connectivity index (χ0) is 40.7. The molecule has 15 nitrogen and oxygen atoms in total. The lowest BCUT2D eigenvalue weighted by Crippen LogP contribution is -2.63. The zero-order valence-electron chi connectivity index (χ0n) is 33.0. The largest absolute Gasteiger partial charge is 0.378 e. The predicted octanol–water partition coefficient (Wildman–Crippen LogP) is 4.02. The van der Waals surface area contributed by atoms with Crippen LogP contribution in [-0.2, 0) is 20.8 Å². The average Bonchev–Trinajstić information content (AvgIpc) is 3.91. The third kappa shape index (κ3) is 6.49. The number of benzene rings is 2. The average molecular weight is 809 g/mol. The number of morpholine rings is 1. The van der Waals surface area contributed by atoms with Gasteiger partial charge in [0.25, 0.3) is 0 Å². The number of likely N-dealkylation sites (N-methyl/N-ethyl adjacent to an activating group) is 2. The molecule has 4 aliphatic heterocycles. The van der Waals surface area contributed by atoms with Crippen molar-refractivity contribution in [3.05, 3.63) is 78.0 Å². The highest BCUT2D eigenvalue weighted by atomic mass is 19.1. The second-order valence-corrected chi connectivity index (χ2v) is 16.0. The van der Waals surface area contributed by atoms with Gasteiger partial charge < -0.3 is 34.1 Å². The van der Waals surface area contributed by atoms with Gasteiger partial charge in [-0.2, -0.15) is 15.1 Å². The van der Waals surface area contributed by atoms with E-state index in [-0.39, 0.29) is 36.3 Å². The van der Waals surface area contributed by atoms with Gasteiger partial charge >= 0.3 is 0 Å². The van der Waals surface area contributed by atoms with Gasteiger partial charge in [0.1, 0.15) is 40.8 Å². The number of halogens is 3. The lowest BCUT2D eigenvalue weighted by Gasteiger charge is -2.48. The van der Waals surface area contributed by atoms with E-state index in [1.807, 2.05) is 34.6 Å². The maximum atomic E-state index is 15.4. The molecule has 2 aromatic carbocycles. The van der Waals surface area contributed by atoms with Gasteiger partial charge in [0, 0.05) is 64.1 Å². The van der Waals surface area contributed by atoms with E-state index in [1.165, 1.54) is 28.9 Å². The summed E-state index contributed by atoms with van der Waals surface area (Å²) in [5.74, 6) is 0.00887. The van der Waals surface area contributed by atoms with Gasteiger partial charge in [-0.15, -0.1) is 0 Å². The lowest BCUT2D eigenvalue weighted by atomic mass is 10.1. The minimum absolute atomic E-state index is 0.0267. The van der Waals surface area contributed by atoms with Crippen LogP contribution in [0.5, 0.6) is 0 Å². The van der Waals surface area contributed by atoms with Crippen LogP contribution in [0.25, 0.3) is 39.0 Å². The number of fused-ring (bicyclic) bond motifs is 8. The molecular weight excluding hydrogens is 766 g/mol. The van der Waals surface area contributed by atoms with Crippen LogP contribution in [0.3, 0.4) is 0 Å². The molecule has 306 valence electrons. The fourth-order valence-corrected chi connectivity index (χ4v) is 9.17. The van der Waals surface area contributed by atoms with E-state index in [2.05, 4.69) is 27.3 Å². The number of nitrogens with zero attached hydrogens (tertiary/aromatic N) is 11. The summed E-state index contributed by atoms with van der Waals surface area (Å²) in [5.41, 5.74) is 2.73. The van der Waals surface area contributed by atoms with E-state index in [0.717, 1.165) is 11.6 Å². The van der Waals surface area contributed by atoms with E-state index in [9.17, 15) is 9.18 Å². The summed E-state index contributed by atoms with van der Waals surface area (Å²) in [6.07, 6.45) is 1.50. The quantitative estimate of drug-likeness (QED) is 0.276. The van der Waals surface area contributed by atoms with Gasteiger partial charge in [0.2, 0.25) is 11.9 Å². The number of anilines is 3. The SMILES string of the molecule is CO[C@H]1CN(C)C(=O)[C@@H]2C[C@@H](CN2c2nc(N3CC4COCC(C3)N4C)nc3c2cnn3-c2ccc(F)cc2F)Nc2cccc(n2)-c2cc(F)cc3nc(C)n(c23)C1. The number of piperazine rings is 1. The van der Waals surface area contributed by atoms with E-state index in [1.54, 1.807) is 25.3 Å². The van der Waals surface area contributed by atoms with Crippen molar-refractivity contribution in [2.24, 2.45) is 0 Å². The van der Waals surface area contributed by atoms with Gasteiger partial charge in [-0.3, -0.25) is 9.69 Å². The Morgan fingerprint density at radius 3 is 2.49 bits per heavy atom. The van der Waals surface area contributed by atoms with Crippen LogP contribution in [0.15, 0.2) is 54.7 Å². The Bertz CT molecular complexity index is 2610. The van der Waals surface area contributed by atoms with Gasteiger partial charge in [0.05, 0.1) is 66.3 Å². The van der Waals surface area contributed by atoms with Gasteiger partial charge in [-0.1, -0.05) is 6.07 Å². The molecule has 5 atom stereocenters. The molecule has 0 saturated carbocycles. The number of ether oxygens (including phenoxy) is 2. The summed E-state index contributed by atoms with van der Waals surface area (Å²) in [4.78, 5) is 42.8. The molecule has 0 aliphatic carbocycles. The number of hydrogen-bond donors (Lipinski definition) is 1. The fourth-order valence-electron chi connectivity index (χ4n) is 9.17. The molecule has 1 amide bonds. The first-order valence-electron chi connectivity index (χ1n) is 19.7. The van der Waals surface area contributed by atoms with Crippen molar-refractivity contribution in [1.29, 1.82) is 0 Å². The molecule has 4 aliphatic rings. The Hall–Kier alpha value is -5.85. The Kier molecular flexibility index (Phi) is 9.17. The molecule has 1 N–H and O–H groups in total. The van der Waals surface area contributed by atoms with Gasteiger partial charge in [0.15, 0.2) is 11.5 Å². The minimum Gasteiger partial charge on any atom is -0.378 e. The summed E-state index contributed by atoms with van der Waals surface area (Å²) < 4.78 is 59.9. The normalized spacial score (nSPS) is 23.8. The summed E-state index contributed by atoms with van der Waals surface area (Å²) in [6.45, 7) is 5.08. The van der Waals surface area contributed by atoms with Crippen LogP contribution in [0.2, 0.25) is 0 Å². The topological polar surface area (TPSA) is 135 Å². The first-order valence-corrected chi connectivity index (χ1v) is 19.7. The molecule has 8 heterocycles. The fraction of sp³-hybridized carbons (Fsp3) is 0.415. The van der Waals surface area contributed by atoms with Crippen molar-refractivity contribution in [3.63, 3.8) is 0 Å². The van der Waals surface area contributed by atoms with Crippen LogP contribution in [0.1, 0.15) is 12.2 Å². The predicted molar refractivity (Wildman–Crippen MR) is 214 cm³/mol. The molecule has 10 rings (SSSR count). The van der Waals surface area contributed by atoms with Crippen molar-refractivity contribution in [2.45, 2.75) is 50.2 Å². The monoisotopic (exact) mass is 808 g/mol. The van der Waals surface area contributed by atoms with Crippen LogP contribution in [-0.4, -0.2) is 141 Å². The second-order valence-electron chi connectivity index (χ2n) is 16.0. The van der Waals surface area contributed by atoms with Gasteiger partial charge in [-0.25, -0.2) is 27.8 Å². The molecule has 4 aromatic heterocycles. The van der Waals surface area contributed by atoms with E-state index < -0.39 is 29.6 Å². The zero-order valence-corrected chi connectivity index (χ0v) is 33.0. The van der Waals surface area contributed by atoms with Crippen LogP contribution >= 0.6 is 0 Å². The summed E-state index contributed by atoms with van der Waals surface area (Å²) in [6, 6.07) is 11.0. The van der Waals surface area contributed by atoms with Crippen LogP contribution < -0.4 is 15.1 Å². The maximum absolute atomic E-state index is 15.4. The number of methoxy groups -OCH3 is 1. The molecule has 6 bridgehead atoms.